The van der Waals surface area contributed by atoms with E-state index in [0.717, 1.165) is 37.3 Å². The van der Waals surface area contributed by atoms with Crippen LogP contribution in [-0.4, -0.2) is 31.5 Å². The summed E-state index contributed by atoms with van der Waals surface area (Å²) in [5.74, 6) is 1.54. The van der Waals surface area contributed by atoms with E-state index in [2.05, 4.69) is 35.3 Å². The summed E-state index contributed by atoms with van der Waals surface area (Å²) in [5.41, 5.74) is 6.23. The molecule has 2 aromatic carbocycles. The number of aryl methyl sites for hydroxylation is 1. The minimum Gasteiger partial charge on any atom is -0.493 e. The Kier molecular flexibility index (Phi) is 4.18. The van der Waals surface area contributed by atoms with Crippen LogP contribution in [0.1, 0.15) is 23.2 Å². The molecule has 0 unspecified atom stereocenters. The van der Waals surface area contributed by atoms with Crippen molar-refractivity contribution in [3.63, 3.8) is 0 Å². The van der Waals surface area contributed by atoms with E-state index < -0.39 is 0 Å². The number of nitrogens with zero attached hydrogens (tertiary/aromatic N) is 1. The van der Waals surface area contributed by atoms with Gasteiger partial charge in [0.25, 0.3) is 0 Å². The van der Waals surface area contributed by atoms with Gasteiger partial charge in [-0.05, 0) is 48.6 Å². The van der Waals surface area contributed by atoms with Crippen LogP contribution in [0.3, 0.4) is 0 Å². The van der Waals surface area contributed by atoms with Gasteiger partial charge in [0.15, 0.2) is 11.5 Å². The van der Waals surface area contributed by atoms with Gasteiger partial charge >= 0.3 is 0 Å². The SMILES string of the molecule is COc1ccc(CCC2=NCCc3c2[nH]c2ccccc32)cc1OC. The third-order valence-corrected chi connectivity index (χ3v) is 4.87. The molecular formula is C21H22N2O2. The van der Waals surface area contributed by atoms with Gasteiger partial charge < -0.3 is 14.5 Å². The summed E-state index contributed by atoms with van der Waals surface area (Å²) in [4.78, 5) is 8.35. The molecule has 1 aromatic heterocycles. The molecule has 4 heteroatoms. The molecule has 0 fully saturated rings. The number of methoxy groups -OCH3 is 2. The normalized spacial score (nSPS) is 13.4. The number of para-hydroxylation sites is 1. The highest BCUT2D eigenvalue weighted by Crippen LogP contribution is 2.30. The highest BCUT2D eigenvalue weighted by molar-refractivity contribution is 6.06. The van der Waals surface area contributed by atoms with Crippen molar-refractivity contribution >= 4 is 16.6 Å². The average Bonchev–Trinajstić information content (AvgIpc) is 3.05. The van der Waals surface area contributed by atoms with Crippen LogP contribution in [0.4, 0.5) is 0 Å². The molecule has 0 saturated carbocycles. The van der Waals surface area contributed by atoms with Gasteiger partial charge in [0, 0.05) is 17.4 Å². The fourth-order valence-electron chi connectivity index (χ4n) is 3.59. The van der Waals surface area contributed by atoms with E-state index in [1.165, 1.54) is 33.4 Å². The third-order valence-electron chi connectivity index (χ3n) is 4.87. The van der Waals surface area contributed by atoms with E-state index in [-0.39, 0.29) is 0 Å². The van der Waals surface area contributed by atoms with Crippen molar-refractivity contribution in [1.82, 2.24) is 4.98 Å². The quantitative estimate of drug-likeness (QED) is 0.761. The number of aromatic nitrogens is 1. The second-order valence-corrected chi connectivity index (χ2v) is 6.29. The van der Waals surface area contributed by atoms with Crippen molar-refractivity contribution in [2.24, 2.45) is 4.99 Å². The van der Waals surface area contributed by atoms with Crippen molar-refractivity contribution < 1.29 is 9.47 Å². The molecule has 1 N–H and O–H groups in total. The Morgan fingerprint density at radius 3 is 2.68 bits per heavy atom. The summed E-state index contributed by atoms with van der Waals surface area (Å²) in [6.07, 6.45) is 2.85. The van der Waals surface area contributed by atoms with Crippen molar-refractivity contribution in [3.8, 4) is 11.5 Å². The number of fused-ring (bicyclic) bond motifs is 3. The Balaban J connectivity index is 1.57. The monoisotopic (exact) mass is 334 g/mol. The Labute approximate surface area is 147 Å². The maximum absolute atomic E-state index is 5.40. The predicted molar refractivity (Wildman–Crippen MR) is 101 cm³/mol. The van der Waals surface area contributed by atoms with Crippen LogP contribution in [-0.2, 0) is 12.8 Å². The summed E-state index contributed by atoms with van der Waals surface area (Å²) in [7, 11) is 3.33. The lowest BCUT2D eigenvalue weighted by atomic mass is 9.98. The number of nitrogens with one attached hydrogen (secondary N) is 1. The van der Waals surface area contributed by atoms with Crippen LogP contribution in [0.25, 0.3) is 10.9 Å². The van der Waals surface area contributed by atoms with Crippen molar-refractivity contribution in [2.75, 3.05) is 20.8 Å². The fourth-order valence-corrected chi connectivity index (χ4v) is 3.59. The number of rotatable bonds is 5. The van der Waals surface area contributed by atoms with Gasteiger partial charge in [0.2, 0.25) is 0 Å². The number of aromatic amines is 1. The summed E-state index contributed by atoms with van der Waals surface area (Å²) in [6, 6.07) is 14.6. The summed E-state index contributed by atoms with van der Waals surface area (Å²) >= 11 is 0. The van der Waals surface area contributed by atoms with Gasteiger partial charge in [0.1, 0.15) is 0 Å². The first-order valence-electron chi connectivity index (χ1n) is 8.64. The second kappa shape index (κ2) is 6.63. The van der Waals surface area contributed by atoms with E-state index >= 15 is 0 Å². The lowest BCUT2D eigenvalue weighted by Gasteiger charge is -2.14. The zero-order valence-electron chi connectivity index (χ0n) is 14.6. The minimum atomic E-state index is 0.763. The van der Waals surface area contributed by atoms with Crippen LogP contribution in [0.15, 0.2) is 47.5 Å². The Morgan fingerprint density at radius 1 is 1.00 bits per heavy atom. The molecule has 128 valence electrons. The van der Waals surface area contributed by atoms with Gasteiger partial charge in [-0.1, -0.05) is 24.3 Å². The van der Waals surface area contributed by atoms with Gasteiger partial charge in [0.05, 0.1) is 25.6 Å². The van der Waals surface area contributed by atoms with E-state index in [9.17, 15) is 0 Å². The Bertz CT molecular complexity index is 940. The van der Waals surface area contributed by atoms with Crippen molar-refractivity contribution in [1.29, 1.82) is 0 Å². The van der Waals surface area contributed by atoms with E-state index in [1.807, 2.05) is 12.1 Å². The summed E-state index contributed by atoms with van der Waals surface area (Å²) < 4.78 is 10.7. The second-order valence-electron chi connectivity index (χ2n) is 6.29. The number of hydrogen-bond acceptors (Lipinski definition) is 3. The van der Waals surface area contributed by atoms with Gasteiger partial charge in [-0.15, -0.1) is 0 Å². The molecule has 0 aliphatic carbocycles. The van der Waals surface area contributed by atoms with Crippen LogP contribution in [0.2, 0.25) is 0 Å². The lowest BCUT2D eigenvalue weighted by Crippen LogP contribution is -2.13. The predicted octanol–water partition coefficient (Wildman–Crippen LogP) is 4.16. The van der Waals surface area contributed by atoms with Crippen LogP contribution < -0.4 is 9.47 Å². The highest BCUT2D eigenvalue weighted by atomic mass is 16.5. The molecule has 25 heavy (non-hydrogen) atoms. The molecule has 1 aliphatic rings. The minimum absolute atomic E-state index is 0.763. The summed E-state index contributed by atoms with van der Waals surface area (Å²) in [6.45, 7) is 0.871. The molecule has 4 rings (SSSR count). The smallest absolute Gasteiger partial charge is 0.160 e. The topological polar surface area (TPSA) is 46.6 Å². The molecular weight excluding hydrogens is 312 g/mol. The number of benzene rings is 2. The Morgan fingerprint density at radius 2 is 1.84 bits per heavy atom. The standard InChI is InChI=1S/C21H22N2O2/c1-24-19-10-8-14(13-20(19)25-2)7-9-18-21-16(11-12-22-18)15-5-3-4-6-17(15)23-21/h3-6,8,10,13,23H,7,9,11-12H2,1-2H3. The molecule has 2 heterocycles. The van der Waals surface area contributed by atoms with Crippen molar-refractivity contribution in [2.45, 2.75) is 19.3 Å². The maximum atomic E-state index is 5.40. The first-order valence-corrected chi connectivity index (χ1v) is 8.64. The van der Waals surface area contributed by atoms with Gasteiger partial charge in [-0.2, -0.15) is 0 Å². The number of aliphatic imine (C=N–C) groups is 1. The fraction of sp³-hybridized carbons (Fsp3) is 0.286. The molecule has 3 aromatic rings. The van der Waals surface area contributed by atoms with Gasteiger partial charge in [-0.3, -0.25) is 4.99 Å². The average molecular weight is 334 g/mol. The first kappa shape index (κ1) is 15.8. The number of hydrogen-bond donors (Lipinski definition) is 1. The third kappa shape index (κ3) is 2.88. The van der Waals surface area contributed by atoms with Crippen molar-refractivity contribution in [3.05, 3.63) is 59.3 Å². The Hall–Kier alpha value is -2.75. The molecule has 0 amide bonds. The van der Waals surface area contributed by atoms with Crippen LogP contribution in [0.5, 0.6) is 11.5 Å². The zero-order valence-corrected chi connectivity index (χ0v) is 14.6. The van der Waals surface area contributed by atoms with E-state index in [0.29, 0.717) is 0 Å². The zero-order chi connectivity index (χ0) is 17.2. The molecule has 4 nitrogen and oxygen atoms in total. The molecule has 0 spiro atoms. The largest absolute Gasteiger partial charge is 0.493 e. The number of H-pyrrole nitrogens is 1. The summed E-state index contributed by atoms with van der Waals surface area (Å²) in [5, 5.41) is 1.33. The van der Waals surface area contributed by atoms with E-state index in [1.54, 1.807) is 14.2 Å². The lowest BCUT2D eigenvalue weighted by molar-refractivity contribution is 0.354. The van der Waals surface area contributed by atoms with Crippen LogP contribution in [0, 0.1) is 0 Å². The highest BCUT2D eigenvalue weighted by Gasteiger charge is 2.19. The molecule has 0 bridgehead atoms. The molecule has 0 atom stereocenters. The maximum Gasteiger partial charge on any atom is 0.160 e. The van der Waals surface area contributed by atoms with Crippen LogP contribution >= 0.6 is 0 Å². The molecule has 1 aliphatic heterocycles. The molecule has 0 radical (unpaired) electrons. The first-order chi connectivity index (χ1) is 12.3. The van der Waals surface area contributed by atoms with E-state index in [4.69, 9.17) is 14.5 Å². The molecule has 0 saturated heterocycles. The van der Waals surface area contributed by atoms with Gasteiger partial charge in [-0.25, -0.2) is 0 Å². The number of ether oxygens (including phenoxy) is 2.